The maximum absolute atomic E-state index is 3.82. The summed E-state index contributed by atoms with van der Waals surface area (Å²) in [5, 5.41) is 3.43. The highest BCUT2D eigenvalue weighted by Crippen LogP contribution is 2.19. The normalized spacial score (nSPS) is 12.1. The van der Waals surface area contributed by atoms with Crippen molar-refractivity contribution in [3.63, 3.8) is 0 Å². The Balaban J connectivity index is 3.14. The van der Waals surface area contributed by atoms with Gasteiger partial charge in [0.1, 0.15) is 0 Å². The molecule has 1 aromatic rings. The van der Waals surface area contributed by atoms with Crippen LogP contribution in [0.4, 0.5) is 0 Å². The summed E-state index contributed by atoms with van der Waals surface area (Å²) < 4.78 is 0. The first-order valence-electron chi connectivity index (χ1n) is 6.77. The number of hydrogen-bond acceptors (Lipinski definition) is 1. The van der Waals surface area contributed by atoms with E-state index in [4.69, 9.17) is 0 Å². The summed E-state index contributed by atoms with van der Waals surface area (Å²) in [6.07, 6.45) is 9.70. The number of benzene rings is 1. The molecule has 1 rings (SSSR count). The van der Waals surface area contributed by atoms with Gasteiger partial charge in [-0.2, -0.15) is 0 Å². The topological polar surface area (TPSA) is 12.0 Å². The molecule has 1 heteroatoms. The molecule has 100 valence electrons. The Labute approximate surface area is 117 Å². The first-order valence-corrected chi connectivity index (χ1v) is 6.77. The molecule has 0 aliphatic heterocycles. The molecule has 0 aliphatic carbocycles. The van der Waals surface area contributed by atoms with Crippen molar-refractivity contribution in [3.05, 3.63) is 78.6 Å². The van der Waals surface area contributed by atoms with Gasteiger partial charge in [0.05, 0.1) is 0 Å². The van der Waals surface area contributed by atoms with E-state index in [1.165, 1.54) is 11.1 Å². The minimum Gasteiger partial charge on any atom is -0.355 e. The molecule has 1 aromatic carbocycles. The fraction of sp³-hybridized carbons (Fsp3) is 0.222. The van der Waals surface area contributed by atoms with E-state index in [9.17, 15) is 0 Å². The van der Waals surface area contributed by atoms with Gasteiger partial charge in [-0.05, 0) is 30.6 Å². The molecule has 0 unspecified atom stereocenters. The lowest BCUT2D eigenvalue weighted by atomic mass is 10.0. The van der Waals surface area contributed by atoms with Crippen LogP contribution < -0.4 is 5.32 Å². The van der Waals surface area contributed by atoms with Gasteiger partial charge >= 0.3 is 0 Å². The Morgan fingerprint density at radius 2 is 1.95 bits per heavy atom. The molecule has 0 radical (unpaired) electrons. The SMILES string of the molecule is C=C/C=C(\C=C)N/C(=C/CC)c1ccccc1CC. The minimum absolute atomic E-state index is 0.959. The van der Waals surface area contributed by atoms with Gasteiger partial charge in [-0.3, -0.25) is 0 Å². The Bertz CT molecular complexity index is 492. The van der Waals surface area contributed by atoms with Crippen LogP contribution in [0.1, 0.15) is 31.4 Å². The smallest absolute Gasteiger partial charge is 0.0419 e. The van der Waals surface area contributed by atoms with Crippen molar-refractivity contribution in [2.24, 2.45) is 0 Å². The zero-order chi connectivity index (χ0) is 14.1. The first-order chi connectivity index (χ1) is 9.26. The van der Waals surface area contributed by atoms with E-state index in [0.717, 1.165) is 24.2 Å². The van der Waals surface area contributed by atoms with Crippen LogP contribution >= 0.6 is 0 Å². The van der Waals surface area contributed by atoms with Crippen LogP contribution in [0.15, 0.2) is 67.4 Å². The third-order valence-corrected chi connectivity index (χ3v) is 2.89. The standard InChI is InChI=1S/C18H23N/c1-5-11-16(8-4)19-18(12-6-2)17-14-10-9-13-15(17)7-3/h5,8-14,19H,1,4,6-7H2,2-3H3/b16-11+,18-12+. The highest BCUT2D eigenvalue weighted by atomic mass is 14.9. The monoisotopic (exact) mass is 253 g/mol. The van der Waals surface area contributed by atoms with Crippen LogP contribution in [0.3, 0.4) is 0 Å². The van der Waals surface area contributed by atoms with Gasteiger partial charge in [-0.15, -0.1) is 0 Å². The summed E-state index contributed by atoms with van der Waals surface area (Å²) in [6, 6.07) is 8.48. The van der Waals surface area contributed by atoms with E-state index < -0.39 is 0 Å². The molecule has 0 spiro atoms. The number of rotatable bonds is 7. The van der Waals surface area contributed by atoms with Gasteiger partial charge in [-0.1, -0.05) is 63.4 Å². The number of hydrogen-bond donors (Lipinski definition) is 1. The fourth-order valence-electron chi connectivity index (χ4n) is 1.97. The Morgan fingerprint density at radius 1 is 1.21 bits per heavy atom. The molecule has 19 heavy (non-hydrogen) atoms. The third kappa shape index (κ3) is 4.29. The van der Waals surface area contributed by atoms with Gasteiger partial charge in [0.15, 0.2) is 0 Å². The van der Waals surface area contributed by atoms with E-state index in [0.29, 0.717) is 0 Å². The summed E-state index contributed by atoms with van der Waals surface area (Å²) in [6.45, 7) is 11.9. The predicted octanol–water partition coefficient (Wildman–Crippen LogP) is 4.85. The maximum atomic E-state index is 3.82. The molecule has 0 saturated heterocycles. The van der Waals surface area contributed by atoms with E-state index in [1.807, 2.05) is 6.08 Å². The largest absolute Gasteiger partial charge is 0.355 e. The highest BCUT2D eigenvalue weighted by Gasteiger charge is 2.06. The number of allylic oxidation sites excluding steroid dienone is 4. The average Bonchev–Trinajstić information content (AvgIpc) is 2.46. The molecule has 0 aliphatic rings. The van der Waals surface area contributed by atoms with Crippen molar-refractivity contribution in [1.29, 1.82) is 0 Å². The van der Waals surface area contributed by atoms with E-state index in [1.54, 1.807) is 12.2 Å². The first kappa shape index (κ1) is 15.0. The molecule has 1 N–H and O–H groups in total. The number of nitrogens with one attached hydrogen (secondary N) is 1. The van der Waals surface area contributed by atoms with Crippen LogP contribution in [0.5, 0.6) is 0 Å². The zero-order valence-electron chi connectivity index (χ0n) is 11.9. The van der Waals surface area contributed by atoms with Gasteiger partial charge in [0.2, 0.25) is 0 Å². The Hall–Kier alpha value is -2.02. The Kier molecular flexibility index (Phi) is 6.45. The molecule has 0 saturated carbocycles. The lowest BCUT2D eigenvalue weighted by Gasteiger charge is -2.15. The van der Waals surface area contributed by atoms with Crippen molar-refractivity contribution in [3.8, 4) is 0 Å². The summed E-state index contributed by atoms with van der Waals surface area (Å²) >= 11 is 0. The van der Waals surface area contributed by atoms with Crippen molar-refractivity contribution >= 4 is 5.70 Å². The quantitative estimate of drug-likeness (QED) is 0.685. The molecule has 0 bridgehead atoms. The molecule has 0 atom stereocenters. The second-order valence-electron chi connectivity index (χ2n) is 4.22. The molecule has 0 amide bonds. The third-order valence-electron chi connectivity index (χ3n) is 2.89. The maximum Gasteiger partial charge on any atom is 0.0419 e. The lowest BCUT2D eigenvalue weighted by molar-refractivity contribution is 1.07. The average molecular weight is 253 g/mol. The molecule has 0 heterocycles. The van der Waals surface area contributed by atoms with Crippen molar-refractivity contribution in [2.45, 2.75) is 26.7 Å². The second-order valence-corrected chi connectivity index (χ2v) is 4.22. The summed E-state index contributed by atoms with van der Waals surface area (Å²) in [5.74, 6) is 0. The molecule has 0 fully saturated rings. The summed E-state index contributed by atoms with van der Waals surface area (Å²) in [4.78, 5) is 0. The van der Waals surface area contributed by atoms with Gasteiger partial charge in [-0.25, -0.2) is 0 Å². The molecule has 1 nitrogen and oxygen atoms in total. The van der Waals surface area contributed by atoms with Crippen LogP contribution in [0.2, 0.25) is 0 Å². The van der Waals surface area contributed by atoms with Gasteiger partial charge < -0.3 is 5.32 Å². The lowest BCUT2D eigenvalue weighted by Crippen LogP contribution is -2.11. The Morgan fingerprint density at radius 3 is 2.53 bits per heavy atom. The van der Waals surface area contributed by atoms with Gasteiger partial charge in [0.25, 0.3) is 0 Å². The summed E-state index contributed by atoms with van der Waals surface area (Å²) in [5.41, 5.74) is 4.69. The van der Waals surface area contributed by atoms with Crippen LogP contribution in [0, 0.1) is 0 Å². The predicted molar refractivity (Wildman–Crippen MR) is 85.7 cm³/mol. The zero-order valence-corrected chi connectivity index (χ0v) is 11.9. The number of aryl methyl sites for hydroxylation is 1. The van der Waals surface area contributed by atoms with Crippen LogP contribution in [-0.2, 0) is 6.42 Å². The van der Waals surface area contributed by atoms with E-state index >= 15 is 0 Å². The van der Waals surface area contributed by atoms with Crippen LogP contribution in [0.25, 0.3) is 5.70 Å². The fourth-order valence-corrected chi connectivity index (χ4v) is 1.97. The summed E-state index contributed by atoms with van der Waals surface area (Å²) in [7, 11) is 0. The van der Waals surface area contributed by atoms with Crippen molar-refractivity contribution < 1.29 is 0 Å². The molecule has 0 aromatic heterocycles. The van der Waals surface area contributed by atoms with Gasteiger partial charge in [0, 0.05) is 17.0 Å². The highest BCUT2D eigenvalue weighted by molar-refractivity contribution is 5.68. The van der Waals surface area contributed by atoms with E-state index in [2.05, 4.69) is 62.7 Å². The second kappa shape index (κ2) is 8.15. The molecular formula is C18H23N. The van der Waals surface area contributed by atoms with E-state index in [-0.39, 0.29) is 0 Å². The van der Waals surface area contributed by atoms with Crippen molar-refractivity contribution in [1.82, 2.24) is 5.32 Å². The van der Waals surface area contributed by atoms with Crippen LogP contribution in [-0.4, -0.2) is 0 Å². The molecular weight excluding hydrogens is 230 g/mol. The van der Waals surface area contributed by atoms with Crippen molar-refractivity contribution in [2.75, 3.05) is 0 Å². The minimum atomic E-state index is 0.959.